The molecule has 0 saturated heterocycles. The first-order chi connectivity index (χ1) is 18.9. The van der Waals surface area contributed by atoms with Gasteiger partial charge in [0.25, 0.3) is 0 Å². The lowest BCUT2D eigenvalue weighted by Gasteiger charge is -2.24. The lowest BCUT2D eigenvalue weighted by Crippen LogP contribution is -2.36. The monoisotopic (exact) mass is 545 g/mol. The topological polar surface area (TPSA) is 102 Å². The van der Waals surface area contributed by atoms with Crippen LogP contribution in [0.15, 0.2) is 103 Å². The van der Waals surface area contributed by atoms with Crippen molar-refractivity contribution in [2.45, 2.75) is 38.3 Å². The van der Waals surface area contributed by atoms with Crippen molar-refractivity contribution in [2.75, 3.05) is 6.16 Å². The van der Waals surface area contributed by atoms with Crippen LogP contribution in [0.4, 0.5) is 4.79 Å². The van der Waals surface area contributed by atoms with Gasteiger partial charge in [0.05, 0.1) is 0 Å². The van der Waals surface area contributed by atoms with Crippen molar-refractivity contribution < 1.29 is 28.5 Å². The molecule has 0 aliphatic rings. The first kappa shape index (κ1) is 28.1. The molecule has 0 fully saturated rings. The molecule has 2 N–H and O–H groups in total. The van der Waals surface area contributed by atoms with E-state index in [1.54, 1.807) is 0 Å². The van der Waals surface area contributed by atoms with Crippen LogP contribution in [-0.4, -0.2) is 28.9 Å². The third-order valence-electron chi connectivity index (χ3n) is 6.43. The summed E-state index contributed by atoms with van der Waals surface area (Å²) in [5, 5.41) is 4.60. The maximum Gasteiger partial charge on any atom is 0.408 e. The molecule has 0 aliphatic heterocycles. The smallest absolute Gasteiger partial charge is 0.408 e. The maximum atomic E-state index is 13.6. The summed E-state index contributed by atoms with van der Waals surface area (Å²) in [7, 11) is -3.95. The second-order valence-corrected chi connectivity index (χ2v) is 11.9. The van der Waals surface area contributed by atoms with Crippen molar-refractivity contribution in [2.24, 2.45) is 0 Å². The Labute approximate surface area is 228 Å². The third-order valence-corrected chi connectivity index (χ3v) is 8.66. The summed E-state index contributed by atoms with van der Waals surface area (Å²) in [5.74, 6) is -1.68. The van der Waals surface area contributed by atoms with Crippen LogP contribution >= 0.6 is 7.37 Å². The Balaban J connectivity index is 1.40. The van der Waals surface area contributed by atoms with Gasteiger partial charge < -0.3 is 19.7 Å². The number of esters is 1. The Hall–Kier alpha value is -3.93. The SMILES string of the molecule is O=C(CCC(NC(=O)OCc1ccccc1)P(=O)(O)CCc1cccc2ccccc12)OCc1ccccc1. The summed E-state index contributed by atoms with van der Waals surface area (Å²) < 4.78 is 24.2. The lowest BCUT2D eigenvalue weighted by molar-refractivity contribution is -0.145. The van der Waals surface area contributed by atoms with E-state index in [-0.39, 0.29) is 32.2 Å². The van der Waals surface area contributed by atoms with Crippen molar-refractivity contribution in [1.82, 2.24) is 5.32 Å². The summed E-state index contributed by atoms with van der Waals surface area (Å²) in [5.41, 5.74) is 2.57. The van der Waals surface area contributed by atoms with Gasteiger partial charge in [0.2, 0.25) is 7.37 Å². The molecular weight excluding hydrogens is 513 g/mol. The Morgan fingerprint density at radius 1 is 0.769 bits per heavy atom. The highest BCUT2D eigenvalue weighted by Crippen LogP contribution is 2.47. The summed E-state index contributed by atoms with van der Waals surface area (Å²) in [6, 6.07) is 32.1. The van der Waals surface area contributed by atoms with E-state index in [1.165, 1.54) is 0 Å². The predicted octanol–water partition coefficient (Wildman–Crippen LogP) is 6.43. The van der Waals surface area contributed by atoms with Gasteiger partial charge in [0, 0.05) is 12.6 Å². The van der Waals surface area contributed by atoms with Crippen LogP contribution in [0.25, 0.3) is 10.8 Å². The van der Waals surface area contributed by atoms with Gasteiger partial charge in [0.1, 0.15) is 19.0 Å². The van der Waals surface area contributed by atoms with Crippen molar-refractivity contribution >= 4 is 30.2 Å². The van der Waals surface area contributed by atoms with Gasteiger partial charge in [-0.25, -0.2) is 4.79 Å². The molecule has 0 spiro atoms. The molecule has 4 aromatic rings. The Bertz CT molecular complexity index is 1420. The number of ether oxygens (including phenoxy) is 2. The number of nitrogens with one attached hydrogen (secondary N) is 1. The Morgan fingerprint density at radius 2 is 1.36 bits per heavy atom. The van der Waals surface area contributed by atoms with Gasteiger partial charge in [-0.3, -0.25) is 9.36 Å². The predicted molar refractivity (Wildman–Crippen MR) is 151 cm³/mol. The van der Waals surface area contributed by atoms with Crippen LogP contribution in [0.2, 0.25) is 0 Å². The molecule has 0 aliphatic carbocycles. The number of carbonyl (C=O) groups excluding carboxylic acids is 2. The van der Waals surface area contributed by atoms with Crippen LogP contribution in [0.1, 0.15) is 29.5 Å². The number of benzene rings is 4. The highest BCUT2D eigenvalue weighted by atomic mass is 31.2. The average Bonchev–Trinajstić information content (AvgIpc) is 2.97. The number of alkyl carbamates (subject to hydrolysis) is 1. The maximum absolute atomic E-state index is 13.6. The zero-order valence-electron chi connectivity index (χ0n) is 21.6. The number of carbonyl (C=O) groups is 2. The number of fused-ring (bicyclic) bond motifs is 1. The van der Waals surface area contributed by atoms with E-state index in [2.05, 4.69) is 5.32 Å². The quantitative estimate of drug-likeness (QED) is 0.157. The fourth-order valence-corrected chi connectivity index (χ4v) is 6.00. The molecule has 0 bridgehead atoms. The second-order valence-electron chi connectivity index (χ2n) is 9.27. The number of rotatable bonds is 12. The van der Waals surface area contributed by atoms with E-state index in [9.17, 15) is 19.0 Å². The van der Waals surface area contributed by atoms with E-state index in [1.807, 2.05) is 103 Å². The van der Waals surface area contributed by atoms with Crippen molar-refractivity contribution in [3.8, 4) is 0 Å². The summed E-state index contributed by atoms with van der Waals surface area (Å²) in [6.45, 7) is 0.124. The molecule has 0 aromatic heterocycles. The fourth-order valence-electron chi connectivity index (χ4n) is 4.29. The van der Waals surface area contributed by atoms with E-state index < -0.39 is 25.2 Å². The second kappa shape index (κ2) is 13.7. The van der Waals surface area contributed by atoms with Gasteiger partial charge in [-0.2, -0.15) is 0 Å². The number of hydrogen-bond donors (Lipinski definition) is 2. The minimum atomic E-state index is -3.95. The molecule has 0 saturated carbocycles. The third kappa shape index (κ3) is 8.54. The van der Waals surface area contributed by atoms with Crippen LogP contribution in [0.5, 0.6) is 0 Å². The Kier molecular flexibility index (Phi) is 9.90. The van der Waals surface area contributed by atoms with Gasteiger partial charge in [-0.15, -0.1) is 0 Å². The van der Waals surface area contributed by atoms with Crippen LogP contribution in [-0.2, 0) is 38.5 Å². The molecule has 7 nitrogen and oxygen atoms in total. The molecule has 39 heavy (non-hydrogen) atoms. The molecule has 0 radical (unpaired) electrons. The minimum Gasteiger partial charge on any atom is -0.461 e. The average molecular weight is 546 g/mol. The van der Waals surface area contributed by atoms with Gasteiger partial charge >= 0.3 is 12.1 Å². The number of hydrogen-bond acceptors (Lipinski definition) is 5. The lowest BCUT2D eigenvalue weighted by atomic mass is 10.0. The largest absolute Gasteiger partial charge is 0.461 e. The number of amides is 1. The first-order valence-electron chi connectivity index (χ1n) is 12.9. The van der Waals surface area contributed by atoms with Gasteiger partial charge in [-0.05, 0) is 40.3 Å². The van der Waals surface area contributed by atoms with Crippen molar-refractivity contribution in [1.29, 1.82) is 0 Å². The molecule has 2 atom stereocenters. The zero-order valence-corrected chi connectivity index (χ0v) is 22.5. The van der Waals surface area contributed by atoms with Crippen molar-refractivity contribution in [3.63, 3.8) is 0 Å². The molecule has 202 valence electrons. The van der Waals surface area contributed by atoms with Crippen LogP contribution in [0.3, 0.4) is 0 Å². The van der Waals surface area contributed by atoms with Crippen LogP contribution in [0, 0.1) is 0 Å². The summed E-state index contributed by atoms with van der Waals surface area (Å²) in [4.78, 5) is 36.1. The van der Waals surface area contributed by atoms with Crippen LogP contribution < -0.4 is 5.32 Å². The molecule has 0 heterocycles. The standard InChI is InChI=1S/C31H32NO6P/c33-30(37-22-24-10-3-1-4-11-24)19-18-29(32-31(34)38-23-25-12-5-2-6-13-25)39(35,36)21-20-27-16-9-15-26-14-7-8-17-28(26)27/h1-17,29H,18-23H2,(H,32,34)(H,35,36). The molecule has 8 heteroatoms. The van der Waals surface area contributed by atoms with E-state index in [0.29, 0.717) is 6.42 Å². The number of aryl methyl sites for hydroxylation is 1. The Morgan fingerprint density at radius 3 is 2.05 bits per heavy atom. The molecule has 4 rings (SSSR count). The minimum absolute atomic E-state index is 0.0181. The van der Waals surface area contributed by atoms with Gasteiger partial charge in [0.15, 0.2) is 0 Å². The first-order valence-corrected chi connectivity index (χ1v) is 14.8. The van der Waals surface area contributed by atoms with Gasteiger partial charge in [-0.1, -0.05) is 103 Å². The molecular formula is C31H32NO6P. The highest BCUT2D eigenvalue weighted by molar-refractivity contribution is 7.58. The zero-order chi connectivity index (χ0) is 27.5. The normalized spacial score (nSPS) is 13.3. The highest BCUT2D eigenvalue weighted by Gasteiger charge is 2.33. The summed E-state index contributed by atoms with van der Waals surface area (Å²) >= 11 is 0. The van der Waals surface area contributed by atoms with E-state index in [4.69, 9.17) is 9.47 Å². The molecule has 4 aromatic carbocycles. The van der Waals surface area contributed by atoms with E-state index in [0.717, 1.165) is 27.5 Å². The van der Waals surface area contributed by atoms with Crippen molar-refractivity contribution in [3.05, 3.63) is 120 Å². The molecule has 2 unspecified atom stereocenters. The fraction of sp³-hybridized carbons (Fsp3) is 0.226. The molecule has 1 amide bonds. The summed E-state index contributed by atoms with van der Waals surface area (Å²) in [6.07, 6.45) is -0.734. The van der Waals surface area contributed by atoms with E-state index >= 15 is 0 Å².